The molecule has 0 bridgehead atoms. The Kier molecular flexibility index (Phi) is 6.79. The van der Waals surface area contributed by atoms with Crippen LogP contribution in [0.5, 0.6) is 17.2 Å². The molecule has 0 radical (unpaired) electrons. The first kappa shape index (κ1) is 26.0. The number of aryl methyl sites for hydroxylation is 2. The van der Waals surface area contributed by atoms with Gasteiger partial charge >= 0.3 is 0 Å². The molecule has 1 fully saturated rings. The summed E-state index contributed by atoms with van der Waals surface area (Å²) in [5, 5.41) is 11.6. The minimum Gasteiger partial charge on any atom is -0.493 e. The van der Waals surface area contributed by atoms with Crippen LogP contribution in [0.2, 0.25) is 0 Å². The molecule has 0 spiro atoms. The Bertz CT molecular complexity index is 1780. The number of aromatic nitrogens is 6. The van der Waals surface area contributed by atoms with Gasteiger partial charge in [0.15, 0.2) is 17.4 Å². The molecular weight excluding hydrogens is 522 g/mol. The highest BCUT2D eigenvalue weighted by atomic mass is 16.5. The van der Waals surface area contributed by atoms with Crippen molar-refractivity contribution in [2.24, 2.45) is 7.05 Å². The molecule has 0 unspecified atom stereocenters. The molecule has 208 valence electrons. The average molecular weight is 552 g/mol. The van der Waals surface area contributed by atoms with Crippen LogP contribution in [0, 0.1) is 6.92 Å². The summed E-state index contributed by atoms with van der Waals surface area (Å²) in [6, 6.07) is 13.4. The van der Waals surface area contributed by atoms with Crippen LogP contribution < -0.4 is 19.7 Å². The molecule has 0 aliphatic carbocycles. The Hall–Kier alpha value is -5.26. The molecule has 6 rings (SSSR count). The third-order valence-corrected chi connectivity index (χ3v) is 7.09. The zero-order valence-electron chi connectivity index (χ0n) is 23.0. The molecular formula is C29H29N9O3. The predicted octanol–water partition coefficient (Wildman–Crippen LogP) is 3.99. The van der Waals surface area contributed by atoms with Gasteiger partial charge < -0.3 is 24.6 Å². The van der Waals surface area contributed by atoms with E-state index in [1.165, 1.54) is 12.4 Å². The standard InChI is InChI=1S/C29H29N9O3/c1-5-26(39)37-10-12-38(13-11-37)29-25(40-4)16-22-27(33-29)28(31-17-30-22)32-19-6-9-24(18(2)14-19)41-20-7-8-23-21(15-20)34-35-36(23)3/h5-9,14-17H,1,10-13H2,2-4H3,(H,30,31,32). The number of hydrogen-bond donors (Lipinski definition) is 1. The number of nitrogens with zero attached hydrogens (tertiary/aromatic N) is 8. The second-order valence-electron chi connectivity index (χ2n) is 9.69. The molecule has 1 aliphatic heterocycles. The number of ether oxygens (including phenoxy) is 2. The molecule has 12 heteroatoms. The number of amides is 1. The van der Waals surface area contributed by atoms with Gasteiger partial charge in [-0.1, -0.05) is 11.8 Å². The number of pyridine rings is 1. The van der Waals surface area contributed by atoms with E-state index in [-0.39, 0.29) is 5.91 Å². The second kappa shape index (κ2) is 10.7. The summed E-state index contributed by atoms with van der Waals surface area (Å²) in [6.45, 7) is 7.96. The topological polar surface area (TPSA) is 123 Å². The van der Waals surface area contributed by atoms with Crippen molar-refractivity contribution < 1.29 is 14.3 Å². The van der Waals surface area contributed by atoms with Gasteiger partial charge in [0, 0.05) is 51.0 Å². The Morgan fingerprint density at radius 3 is 2.61 bits per heavy atom. The highest BCUT2D eigenvalue weighted by molar-refractivity contribution is 5.90. The van der Waals surface area contributed by atoms with Gasteiger partial charge in [-0.2, -0.15) is 0 Å². The predicted molar refractivity (Wildman–Crippen MR) is 156 cm³/mol. The van der Waals surface area contributed by atoms with E-state index in [1.807, 2.05) is 56.4 Å². The van der Waals surface area contributed by atoms with Crippen molar-refractivity contribution in [1.29, 1.82) is 0 Å². The number of fused-ring (bicyclic) bond motifs is 2. The van der Waals surface area contributed by atoms with Gasteiger partial charge in [0.05, 0.1) is 18.1 Å². The van der Waals surface area contributed by atoms with Gasteiger partial charge in [-0.25, -0.2) is 19.6 Å². The molecule has 12 nitrogen and oxygen atoms in total. The lowest BCUT2D eigenvalue weighted by molar-refractivity contribution is -0.126. The Labute approximate surface area is 236 Å². The molecule has 3 aromatic heterocycles. The van der Waals surface area contributed by atoms with Crippen molar-refractivity contribution in [1.82, 2.24) is 34.8 Å². The van der Waals surface area contributed by atoms with E-state index in [2.05, 4.69) is 37.1 Å². The van der Waals surface area contributed by atoms with Gasteiger partial charge in [0.1, 0.15) is 28.9 Å². The van der Waals surface area contributed by atoms with Crippen LogP contribution in [-0.4, -0.2) is 74.0 Å². The Balaban J connectivity index is 1.24. The van der Waals surface area contributed by atoms with Gasteiger partial charge in [-0.3, -0.25) is 4.79 Å². The molecule has 0 saturated carbocycles. The summed E-state index contributed by atoms with van der Waals surface area (Å²) in [5.74, 6) is 3.21. The highest BCUT2D eigenvalue weighted by Crippen LogP contribution is 2.34. The maximum absolute atomic E-state index is 12.0. The molecule has 4 heterocycles. The van der Waals surface area contributed by atoms with E-state index in [9.17, 15) is 4.79 Å². The fraction of sp³-hybridized carbons (Fsp3) is 0.241. The van der Waals surface area contributed by atoms with Crippen LogP contribution in [0.3, 0.4) is 0 Å². The number of nitrogens with one attached hydrogen (secondary N) is 1. The average Bonchev–Trinajstić information content (AvgIpc) is 3.37. The fourth-order valence-corrected chi connectivity index (χ4v) is 4.88. The van der Waals surface area contributed by atoms with E-state index in [1.54, 1.807) is 16.7 Å². The molecule has 1 aliphatic rings. The summed E-state index contributed by atoms with van der Waals surface area (Å²) in [4.78, 5) is 29.7. The Morgan fingerprint density at radius 2 is 1.85 bits per heavy atom. The first-order valence-electron chi connectivity index (χ1n) is 13.1. The van der Waals surface area contributed by atoms with E-state index in [0.717, 1.165) is 28.0 Å². The first-order chi connectivity index (χ1) is 19.9. The summed E-state index contributed by atoms with van der Waals surface area (Å²) >= 11 is 0. The SMILES string of the molecule is C=CC(=O)N1CCN(c2nc3c(Nc4ccc(Oc5ccc6c(c5)nnn6C)c(C)c4)ncnc3cc2OC)CC1. The Morgan fingerprint density at radius 1 is 1.02 bits per heavy atom. The van der Waals surface area contributed by atoms with Gasteiger partial charge in [-0.15, -0.1) is 5.10 Å². The maximum atomic E-state index is 12.0. The molecule has 5 aromatic rings. The number of piperazine rings is 1. The molecule has 0 atom stereocenters. The van der Waals surface area contributed by atoms with Crippen LogP contribution in [0.15, 0.2) is 61.4 Å². The quantitative estimate of drug-likeness (QED) is 0.297. The van der Waals surface area contributed by atoms with Crippen LogP contribution in [0.1, 0.15) is 5.56 Å². The van der Waals surface area contributed by atoms with Crippen molar-refractivity contribution in [3.63, 3.8) is 0 Å². The molecule has 2 aromatic carbocycles. The number of benzene rings is 2. The number of hydrogen-bond acceptors (Lipinski definition) is 10. The number of carbonyl (C=O) groups is 1. The largest absolute Gasteiger partial charge is 0.493 e. The lowest BCUT2D eigenvalue weighted by atomic mass is 10.2. The minimum absolute atomic E-state index is 0.0683. The van der Waals surface area contributed by atoms with E-state index >= 15 is 0 Å². The van der Waals surface area contributed by atoms with Gasteiger partial charge in [0.2, 0.25) is 5.91 Å². The van der Waals surface area contributed by atoms with E-state index in [0.29, 0.717) is 60.3 Å². The smallest absolute Gasteiger partial charge is 0.246 e. The number of rotatable bonds is 7. The number of carbonyl (C=O) groups excluding carboxylic acids is 1. The summed E-state index contributed by atoms with van der Waals surface area (Å²) < 4.78 is 13.5. The fourth-order valence-electron chi connectivity index (χ4n) is 4.88. The van der Waals surface area contributed by atoms with Crippen molar-refractivity contribution in [2.45, 2.75) is 6.92 Å². The zero-order chi connectivity index (χ0) is 28.5. The van der Waals surface area contributed by atoms with Crippen molar-refractivity contribution >= 4 is 45.3 Å². The maximum Gasteiger partial charge on any atom is 0.246 e. The molecule has 1 amide bonds. The van der Waals surface area contributed by atoms with Crippen LogP contribution in [-0.2, 0) is 11.8 Å². The third-order valence-electron chi connectivity index (χ3n) is 7.09. The molecule has 41 heavy (non-hydrogen) atoms. The van der Waals surface area contributed by atoms with Crippen molar-refractivity contribution in [3.05, 3.63) is 67.0 Å². The van der Waals surface area contributed by atoms with Crippen LogP contribution >= 0.6 is 0 Å². The zero-order valence-corrected chi connectivity index (χ0v) is 23.0. The van der Waals surface area contributed by atoms with Crippen LogP contribution in [0.25, 0.3) is 22.1 Å². The lowest BCUT2D eigenvalue weighted by Gasteiger charge is -2.35. The minimum atomic E-state index is -0.0683. The highest BCUT2D eigenvalue weighted by Gasteiger charge is 2.24. The number of anilines is 3. The lowest BCUT2D eigenvalue weighted by Crippen LogP contribution is -2.48. The van der Waals surface area contributed by atoms with E-state index < -0.39 is 0 Å². The summed E-state index contributed by atoms with van der Waals surface area (Å²) in [7, 11) is 3.47. The summed E-state index contributed by atoms with van der Waals surface area (Å²) in [5.41, 5.74) is 4.74. The monoisotopic (exact) mass is 551 g/mol. The van der Waals surface area contributed by atoms with E-state index in [4.69, 9.17) is 14.5 Å². The van der Waals surface area contributed by atoms with Crippen molar-refractivity contribution in [3.8, 4) is 17.2 Å². The second-order valence-corrected chi connectivity index (χ2v) is 9.69. The van der Waals surface area contributed by atoms with Gasteiger partial charge in [-0.05, 0) is 48.9 Å². The first-order valence-corrected chi connectivity index (χ1v) is 13.1. The molecule has 1 saturated heterocycles. The van der Waals surface area contributed by atoms with Crippen LogP contribution in [0.4, 0.5) is 17.3 Å². The summed E-state index contributed by atoms with van der Waals surface area (Å²) in [6.07, 6.45) is 2.84. The normalized spacial score (nSPS) is 13.4. The third kappa shape index (κ3) is 5.07. The number of methoxy groups -OCH3 is 1. The molecule has 1 N–H and O–H groups in total. The van der Waals surface area contributed by atoms with Gasteiger partial charge in [0.25, 0.3) is 0 Å². The van der Waals surface area contributed by atoms with Crippen molar-refractivity contribution in [2.75, 3.05) is 43.5 Å².